The second-order valence-corrected chi connectivity index (χ2v) is 5.11. The number of rotatable bonds is 1. The van der Waals surface area contributed by atoms with Crippen LogP contribution in [0.4, 0.5) is 0 Å². The van der Waals surface area contributed by atoms with Crippen molar-refractivity contribution in [2.75, 3.05) is 6.54 Å². The van der Waals surface area contributed by atoms with E-state index in [2.05, 4.69) is 10.4 Å². The highest BCUT2D eigenvalue weighted by atomic mass is 35.5. The van der Waals surface area contributed by atoms with Crippen LogP contribution in [0, 0.1) is 0 Å². The van der Waals surface area contributed by atoms with Crippen LogP contribution in [0.5, 0.6) is 0 Å². The Morgan fingerprint density at radius 3 is 2.83 bits per heavy atom. The van der Waals surface area contributed by atoms with E-state index < -0.39 is 0 Å². The van der Waals surface area contributed by atoms with Crippen molar-refractivity contribution >= 4 is 28.8 Å². The highest BCUT2D eigenvalue weighted by molar-refractivity contribution is 7.80. The lowest BCUT2D eigenvalue weighted by Gasteiger charge is -2.09. The standard InChI is InChI=1S/C13H12ClN3S/c14-10-3-5-11(6-4-10)17-12-9(8-16-17)2-1-7-15-13(12)18/h3-6,8H,1-2,7H2,(H,15,18). The van der Waals surface area contributed by atoms with Crippen LogP contribution in [0.25, 0.3) is 5.69 Å². The molecule has 0 saturated carbocycles. The van der Waals surface area contributed by atoms with Gasteiger partial charge in [-0.25, -0.2) is 4.68 Å². The normalized spacial score (nSPS) is 14.8. The molecule has 92 valence electrons. The number of thiocarbonyl (C=S) groups is 1. The van der Waals surface area contributed by atoms with Gasteiger partial charge < -0.3 is 5.32 Å². The van der Waals surface area contributed by atoms with Crippen molar-refractivity contribution in [2.24, 2.45) is 0 Å². The van der Waals surface area contributed by atoms with Crippen LogP contribution in [-0.2, 0) is 6.42 Å². The molecule has 1 aliphatic heterocycles. The van der Waals surface area contributed by atoms with E-state index in [0.717, 1.165) is 40.8 Å². The maximum atomic E-state index is 5.90. The Morgan fingerprint density at radius 1 is 1.28 bits per heavy atom. The smallest absolute Gasteiger partial charge is 0.125 e. The fraction of sp³-hybridized carbons (Fsp3) is 0.231. The van der Waals surface area contributed by atoms with Gasteiger partial charge in [0, 0.05) is 17.1 Å². The van der Waals surface area contributed by atoms with E-state index in [4.69, 9.17) is 23.8 Å². The van der Waals surface area contributed by atoms with Gasteiger partial charge in [0.2, 0.25) is 0 Å². The van der Waals surface area contributed by atoms with Gasteiger partial charge >= 0.3 is 0 Å². The maximum absolute atomic E-state index is 5.90. The Morgan fingerprint density at radius 2 is 2.06 bits per heavy atom. The number of hydrogen-bond donors (Lipinski definition) is 1. The molecule has 3 nitrogen and oxygen atoms in total. The van der Waals surface area contributed by atoms with Crippen LogP contribution in [0.15, 0.2) is 30.5 Å². The van der Waals surface area contributed by atoms with E-state index in [9.17, 15) is 0 Å². The largest absolute Gasteiger partial charge is 0.374 e. The molecule has 2 heterocycles. The summed E-state index contributed by atoms with van der Waals surface area (Å²) >= 11 is 11.3. The SMILES string of the molecule is S=C1NCCCc2cnn(-c3ccc(Cl)cc3)c21. The summed E-state index contributed by atoms with van der Waals surface area (Å²) in [5.74, 6) is 0. The van der Waals surface area contributed by atoms with E-state index in [-0.39, 0.29) is 0 Å². The Balaban J connectivity index is 2.11. The molecule has 0 radical (unpaired) electrons. The van der Waals surface area contributed by atoms with E-state index in [1.165, 1.54) is 5.56 Å². The molecule has 1 aromatic heterocycles. The number of nitrogens with zero attached hydrogens (tertiary/aromatic N) is 2. The third kappa shape index (κ3) is 2.02. The molecule has 0 amide bonds. The molecule has 1 aliphatic rings. The van der Waals surface area contributed by atoms with Gasteiger partial charge in [-0.1, -0.05) is 23.8 Å². The average molecular weight is 278 g/mol. The predicted octanol–water partition coefficient (Wildman–Crippen LogP) is 2.74. The zero-order valence-electron chi connectivity index (χ0n) is 9.69. The molecule has 0 atom stereocenters. The van der Waals surface area contributed by atoms with Crippen LogP contribution < -0.4 is 5.32 Å². The summed E-state index contributed by atoms with van der Waals surface area (Å²) in [5.41, 5.74) is 3.19. The predicted molar refractivity (Wildman–Crippen MR) is 76.6 cm³/mol. The van der Waals surface area contributed by atoms with Crippen molar-refractivity contribution in [3.63, 3.8) is 0 Å². The molecule has 1 aromatic carbocycles. The molecule has 5 heteroatoms. The zero-order chi connectivity index (χ0) is 12.5. The van der Waals surface area contributed by atoms with Crippen molar-refractivity contribution in [2.45, 2.75) is 12.8 Å². The minimum absolute atomic E-state index is 0.720. The number of nitrogens with one attached hydrogen (secondary N) is 1. The van der Waals surface area contributed by atoms with Gasteiger partial charge in [-0.15, -0.1) is 0 Å². The first-order chi connectivity index (χ1) is 8.75. The summed E-state index contributed by atoms with van der Waals surface area (Å²) in [5, 5.41) is 8.41. The second kappa shape index (κ2) is 4.71. The highest BCUT2D eigenvalue weighted by Gasteiger charge is 2.18. The fourth-order valence-electron chi connectivity index (χ4n) is 2.15. The van der Waals surface area contributed by atoms with Gasteiger partial charge in [-0.05, 0) is 37.1 Å². The van der Waals surface area contributed by atoms with Crippen LogP contribution in [-0.4, -0.2) is 21.3 Å². The van der Waals surface area contributed by atoms with Crippen LogP contribution >= 0.6 is 23.8 Å². The van der Waals surface area contributed by atoms with Gasteiger partial charge in [0.1, 0.15) is 10.7 Å². The van der Waals surface area contributed by atoms with Crippen molar-refractivity contribution in [3.8, 4) is 5.69 Å². The topological polar surface area (TPSA) is 29.9 Å². The molecule has 0 bridgehead atoms. The summed E-state index contributed by atoms with van der Waals surface area (Å²) in [6, 6.07) is 7.61. The summed E-state index contributed by atoms with van der Waals surface area (Å²) in [7, 11) is 0. The van der Waals surface area contributed by atoms with Gasteiger partial charge in [-0.2, -0.15) is 5.10 Å². The molecule has 0 spiro atoms. The molecule has 2 aromatic rings. The summed E-state index contributed by atoms with van der Waals surface area (Å²) in [4.78, 5) is 0.773. The van der Waals surface area contributed by atoms with E-state index in [1.807, 2.05) is 35.1 Å². The lowest BCUT2D eigenvalue weighted by molar-refractivity contribution is 0.791. The Labute approximate surface area is 116 Å². The molecular formula is C13H12ClN3S. The molecule has 0 aliphatic carbocycles. The van der Waals surface area contributed by atoms with E-state index in [0.29, 0.717) is 0 Å². The lowest BCUT2D eigenvalue weighted by atomic mass is 10.1. The minimum Gasteiger partial charge on any atom is -0.374 e. The van der Waals surface area contributed by atoms with Gasteiger partial charge in [-0.3, -0.25) is 0 Å². The molecular weight excluding hydrogens is 266 g/mol. The molecule has 0 fully saturated rings. The van der Waals surface area contributed by atoms with E-state index in [1.54, 1.807) is 0 Å². The zero-order valence-corrected chi connectivity index (χ0v) is 11.3. The fourth-order valence-corrected chi connectivity index (χ4v) is 2.60. The third-order valence-electron chi connectivity index (χ3n) is 3.04. The van der Waals surface area contributed by atoms with Crippen LogP contribution in [0.1, 0.15) is 17.7 Å². The number of fused-ring (bicyclic) bond motifs is 1. The quantitative estimate of drug-likeness (QED) is 0.813. The van der Waals surface area contributed by atoms with E-state index >= 15 is 0 Å². The second-order valence-electron chi connectivity index (χ2n) is 4.27. The maximum Gasteiger partial charge on any atom is 0.125 e. The average Bonchev–Trinajstić information content (AvgIpc) is 2.71. The highest BCUT2D eigenvalue weighted by Crippen LogP contribution is 2.20. The summed E-state index contributed by atoms with van der Waals surface area (Å²) in [6.45, 7) is 0.925. The van der Waals surface area contributed by atoms with Crippen molar-refractivity contribution in [1.29, 1.82) is 0 Å². The third-order valence-corrected chi connectivity index (χ3v) is 3.63. The molecule has 0 saturated heterocycles. The first-order valence-electron chi connectivity index (χ1n) is 5.87. The van der Waals surface area contributed by atoms with Gasteiger partial charge in [0.15, 0.2) is 0 Å². The Bertz CT molecular complexity index is 589. The van der Waals surface area contributed by atoms with Crippen molar-refractivity contribution in [1.82, 2.24) is 15.1 Å². The number of benzene rings is 1. The number of hydrogen-bond acceptors (Lipinski definition) is 2. The monoisotopic (exact) mass is 277 g/mol. The molecule has 18 heavy (non-hydrogen) atoms. The molecule has 0 unspecified atom stereocenters. The lowest BCUT2D eigenvalue weighted by Crippen LogP contribution is -2.24. The first-order valence-corrected chi connectivity index (χ1v) is 6.65. The number of aromatic nitrogens is 2. The van der Waals surface area contributed by atoms with Gasteiger partial charge in [0.25, 0.3) is 0 Å². The Kier molecular flexibility index (Phi) is 3.06. The first kappa shape index (κ1) is 11.7. The number of halogens is 1. The van der Waals surface area contributed by atoms with Gasteiger partial charge in [0.05, 0.1) is 11.9 Å². The van der Waals surface area contributed by atoms with Crippen molar-refractivity contribution in [3.05, 3.63) is 46.7 Å². The van der Waals surface area contributed by atoms with Crippen LogP contribution in [0.2, 0.25) is 5.02 Å². The summed E-state index contributed by atoms with van der Waals surface area (Å²) < 4.78 is 1.88. The summed E-state index contributed by atoms with van der Waals surface area (Å²) in [6.07, 6.45) is 4.00. The van der Waals surface area contributed by atoms with Crippen LogP contribution in [0.3, 0.4) is 0 Å². The molecule has 3 rings (SSSR count). The number of aryl methyl sites for hydroxylation is 1. The minimum atomic E-state index is 0.720. The molecule has 1 N–H and O–H groups in total. The van der Waals surface area contributed by atoms with Crippen molar-refractivity contribution < 1.29 is 0 Å². The Hall–Kier alpha value is -1.39.